The van der Waals surface area contributed by atoms with E-state index in [2.05, 4.69) is 10.6 Å². The Morgan fingerprint density at radius 1 is 1.04 bits per heavy atom. The van der Waals surface area contributed by atoms with Crippen molar-refractivity contribution in [2.75, 3.05) is 12.4 Å². The molecule has 2 aromatic carbocycles. The average molecular weight is 377 g/mol. The van der Waals surface area contributed by atoms with Crippen molar-refractivity contribution in [1.29, 1.82) is 0 Å². The molecule has 2 N–H and O–H groups in total. The first kappa shape index (κ1) is 19.4. The minimum atomic E-state index is -0.389. The molecule has 6 nitrogen and oxygen atoms in total. The lowest BCUT2D eigenvalue weighted by atomic mass is 10.2. The third-order valence-electron chi connectivity index (χ3n) is 4.33. The van der Waals surface area contributed by atoms with Crippen LogP contribution < -0.4 is 20.9 Å². The van der Waals surface area contributed by atoms with E-state index >= 15 is 0 Å². The van der Waals surface area contributed by atoms with E-state index < -0.39 is 0 Å². The minimum Gasteiger partial charge on any atom is -0.457 e. The molecule has 1 unspecified atom stereocenters. The lowest BCUT2D eigenvalue weighted by molar-refractivity contribution is -0.117. The smallest absolute Gasteiger partial charge is 0.274 e. The van der Waals surface area contributed by atoms with Gasteiger partial charge < -0.3 is 19.9 Å². The van der Waals surface area contributed by atoms with Crippen molar-refractivity contribution >= 4 is 11.6 Å². The van der Waals surface area contributed by atoms with Crippen LogP contribution in [0.4, 0.5) is 5.69 Å². The first-order valence-corrected chi connectivity index (χ1v) is 9.06. The van der Waals surface area contributed by atoms with Gasteiger partial charge in [-0.25, -0.2) is 0 Å². The molecule has 3 rings (SSSR count). The van der Waals surface area contributed by atoms with Gasteiger partial charge in [0.15, 0.2) is 0 Å². The van der Waals surface area contributed by atoms with E-state index in [1.54, 1.807) is 36.9 Å². The maximum atomic E-state index is 12.7. The Bertz CT molecular complexity index is 999. The van der Waals surface area contributed by atoms with Gasteiger partial charge >= 0.3 is 0 Å². The summed E-state index contributed by atoms with van der Waals surface area (Å²) in [6, 6.07) is 20.1. The molecular formula is C22H23N3O3. The third kappa shape index (κ3) is 4.86. The van der Waals surface area contributed by atoms with Crippen LogP contribution in [0.15, 0.2) is 77.7 Å². The van der Waals surface area contributed by atoms with Gasteiger partial charge in [-0.05, 0) is 55.9 Å². The summed E-state index contributed by atoms with van der Waals surface area (Å²) in [5, 5.41) is 5.52. The van der Waals surface area contributed by atoms with Gasteiger partial charge in [0.1, 0.15) is 17.2 Å². The van der Waals surface area contributed by atoms with E-state index in [0.717, 1.165) is 11.3 Å². The lowest BCUT2D eigenvalue weighted by Gasteiger charge is -2.13. The molecular weight excluding hydrogens is 354 g/mol. The summed E-state index contributed by atoms with van der Waals surface area (Å²) >= 11 is 0. The van der Waals surface area contributed by atoms with Crippen LogP contribution in [0, 0.1) is 0 Å². The van der Waals surface area contributed by atoms with Gasteiger partial charge in [0.05, 0.1) is 12.6 Å². The molecule has 0 saturated heterocycles. The van der Waals surface area contributed by atoms with Crippen LogP contribution in [0.25, 0.3) is 0 Å². The topological polar surface area (TPSA) is 72.4 Å². The zero-order valence-electron chi connectivity index (χ0n) is 15.9. The highest BCUT2D eigenvalue weighted by molar-refractivity contribution is 5.94. The number of carbonyl (C=O) groups excluding carboxylic acids is 1. The van der Waals surface area contributed by atoms with Crippen LogP contribution in [0.3, 0.4) is 0 Å². The normalized spacial score (nSPS) is 11.6. The molecule has 0 radical (unpaired) electrons. The number of likely N-dealkylation sites (N-methyl/N-ethyl adjacent to an activating group) is 1. The lowest BCUT2D eigenvalue weighted by Crippen LogP contribution is -2.37. The fourth-order valence-electron chi connectivity index (χ4n) is 2.66. The maximum absolute atomic E-state index is 12.7. The Morgan fingerprint density at radius 3 is 2.54 bits per heavy atom. The summed E-state index contributed by atoms with van der Waals surface area (Å²) in [5.74, 6) is 1.19. The highest BCUT2D eigenvalue weighted by Crippen LogP contribution is 2.22. The maximum Gasteiger partial charge on any atom is 0.274 e. The van der Waals surface area contributed by atoms with Crippen LogP contribution in [-0.2, 0) is 11.3 Å². The zero-order chi connectivity index (χ0) is 19.9. The number of hydrogen-bond donors (Lipinski definition) is 2. The van der Waals surface area contributed by atoms with Crippen molar-refractivity contribution in [1.82, 2.24) is 9.88 Å². The molecule has 0 fully saturated rings. The number of pyridine rings is 1. The van der Waals surface area contributed by atoms with Gasteiger partial charge in [-0.1, -0.05) is 30.3 Å². The number of hydrogen-bond acceptors (Lipinski definition) is 4. The second kappa shape index (κ2) is 9.01. The number of amides is 1. The summed E-state index contributed by atoms with van der Waals surface area (Å²) in [5.41, 5.74) is 0.919. The Morgan fingerprint density at radius 2 is 1.79 bits per heavy atom. The average Bonchev–Trinajstić information content (AvgIpc) is 2.71. The molecule has 1 atom stereocenters. The van der Waals surface area contributed by atoms with E-state index in [1.165, 1.54) is 0 Å². The van der Waals surface area contributed by atoms with Gasteiger partial charge in [0.25, 0.3) is 5.56 Å². The Hall–Kier alpha value is -3.38. The third-order valence-corrected chi connectivity index (χ3v) is 4.33. The number of carbonyl (C=O) groups is 1. The number of rotatable bonds is 7. The molecule has 0 aliphatic carbocycles. The van der Waals surface area contributed by atoms with E-state index in [-0.39, 0.29) is 23.2 Å². The predicted octanol–water partition coefficient (Wildman–Crippen LogP) is 3.24. The molecule has 1 heterocycles. The number of anilines is 1. The number of nitrogens with zero attached hydrogens (tertiary/aromatic N) is 1. The summed E-state index contributed by atoms with van der Waals surface area (Å²) in [4.78, 5) is 24.7. The molecule has 0 saturated carbocycles. The van der Waals surface area contributed by atoms with Gasteiger partial charge in [0, 0.05) is 6.20 Å². The van der Waals surface area contributed by atoms with Crippen molar-refractivity contribution in [3.8, 4) is 11.5 Å². The molecule has 144 valence electrons. The zero-order valence-corrected chi connectivity index (χ0v) is 15.9. The number of ether oxygens (including phenoxy) is 1. The van der Waals surface area contributed by atoms with Gasteiger partial charge in [-0.3, -0.25) is 9.59 Å². The van der Waals surface area contributed by atoms with E-state index in [0.29, 0.717) is 12.3 Å². The standard InChI is InChI=1S/C22H23N3O3/c1-16(23-2)21(26)24-20-12-7-13-25(22(20)27)15-17-8-6-11-19(14-17)28-18-9-4-3-5-10-18/h3-14,16,23H,15H2,1-2H3,(H,24,26). The Labute approximate surface area is 163 Å². The molecule has 0 aliphatic rings. The highest BCUT2D eigenvalue weighted by atomic mass is 16.5. The van der Waals surface area contributed by atoms with Crippen LogP contribution in [0.1, 0.15) is 12.5 Å². The van der Waals surface area contributed by atoms with Crippen LogP contribution in [0.5, 0.6) is 11.5 Å². The van der Waals surface area contributed by atoms with Gasteiger partial charge in [-0.15, -0.1) is 0 Å². The van der Waals surface area contributed by atoms with E-state index in [1.807, 2.05) is 54.6 Å². The van der Waals surface area contributed by atoms with Crippen molar-refractivity contribution in [3.63, 3.8) is 0 Å². The summed E-state index contributed by atoms with van der Waals surface area (Å²) in [6.45, 7) is 2.10. The molecule has 0 bridgehead atoms. The molecule has 0 aliphatic heterocycles. The SMILES string of the molecule is CNC(C)C(=O)Nc1cccn(Cc2cccc(Oc3ccccc3)c2)c1=O. The summed E-state index contributed by atoms with van der Waals surface area (Å²) in [6.07, 6.45) is 1.70. The van der Waals surface area contributed by atoms with Crippen molar-refractivity contribution in [2.24, 2.45) is 0 Å². The van der Waals surface area contributed by atoms with Crippen molar-refractivity contribution < 1.29 is 9.53 Å². The Balaban J connectivity index is 1.77. The Kier molecular flexibility index (Phi) is 6.24. The first-order chi connectivity index (χ1) is 13.6. The van der Waals surface area contributed by atoms with Crippen LogP contribution >= 0.6 is 0 Å². The fraction of sp³-hybridized carbons (Fsp3) is 0.182. The minimum absolute atomic E-state index is 0.254. The van der Waals surface area contributed by atoms with Crippen LogP contribution in [-0.4, -0.2) is 23.6 Å². The monoisotopic (exact) mass is 377 g/mol. The van der Waals surface area contributed by atoms with Crippen LogP contribution in [0.2, 0.25) is 0 Å². The van der Waals surface area contributed by atoms with Gasteiger partial charge in [-0.2, -0.15) is 0 Å². The van der Waals surface area contributed by atoms with E-state index in [4.69, 9.17) is 4.74 Å². The fourth-order valence-corrected chi connectivity index (χ4v) is 2.66. The second-order valence-corrected chi connectivity index (χ2v) is 6.42. The quantitative estimate of drug-likeness (QED) is 0.663. The molecule has 28 heavy (non-hydrogen) atoms. The van der Waals surface area contributed by atoms with Gasteiger partial charge in [0.2, 0.25) is 5.91 Å². The molecule has 6 heteroatoms. The first-order valence-electron chi connectivity index (χ1n) is 9.06. The highest BCUT2D eigenvalue weighted by Gasteiger charge is 2.13. The largest absolute Gasteiger partial charge is 0.457 e. The molecule has 1 amide bonds. The summed E-state index contributed by atoms with van der Waals surface area (Å²) in [7, 11) is 1.69. The molecule has 3 aromatic rings. The molecule has 0 spiro atoms. The number of benzene rings is 2. The molecule has 1 aromatic heterocycles. The number of para-hydroxylation sites is 1. The van der Waals surface area contributed by atoms with E-state index in [9.17, 15) is 9.59 Å². The predicted molar refractivity (Wildman–Crippen MR) is 110 cm³/mol. The van der Waals surface area contributed by atoms with Crippen molar-refractivity contribution in [2.45, 2.75) is 19.5 Å². The number of nitrogens with one attached hydrogen (secondary N) is 2. The second-order valence-electron chi connectivity index (χ2n) is 6.42. The number of aromatic nitrogens is 1. The van der Waals surface area contributed by atoms with Crippen molar-refractivity contribution in [3.05, 3.63) is 88.8 Å². The summed E-state index contributed by atoms with van der Waals surface area (Å²) < 4.78 is 7.41.